The summed E-state index contributed by atoms with van der Waals surface area (Å²) in [5, 5.41) is 3.57. The van der Waals surface area contributed by atoms with Gasteiger partial charge in [0.25, 0.3) is 5.91 Å². The molecule has 3 fully saturated rings. The maximum absolute atomic E-state index is 13.2. The Kier molecular flexibility index (Phi) is 7.04. The van der Waals surface area contributed by atoms with Crippen molar-refractivity contribution in [2.45, 2.75) is 51.2 Å². The van der Waals surface area contributed by atoms with Gasteiger partial charge in [-0.3, -0.25) is 14.4 Å². The first kappa shape index (κ1) is 22.6. The molecular formula is C24H29ClN2O5. The summed E-state index contributed by atoms with van der Waals surface area (Å²) in [7, 11) is 0. The lowest BCUT2D eigenvalue weighted by Gasteiger charge is -2.41. The van der Waals surface area contributed by atoms with Crippen LogP contribution in [0.3, 0.4) is 0 Å². The minimum Gasteiger partial charge on any atom is -0.483 e. The van der Waals surface area contributed by atoms with E-state index >= 15 is 0 Å². The molecule has 2 amide bonds. The van der Waals surface area contributed by atoms with Crippen molar-refractivity contribution in [3.8, 4) is 0 Å². The van der Waals surface area contributed by atoms with Crippen LogP contribution in [-0.4, -0.2) is 54.5 Å². The van der Waals surface area contributed by atoms with E-state index in [1.165, 1.54) is 0 Å². The molecule has 1 aliphatic carbocycles. The Bertz CT molecular complexity index is 917. The van der Waals surface area contributed by atoms with E-state index in [1.54, 1.807) is 24.0 Å². The molecule has 4 rings (SSSR count). The number of carbonyl (C=O) groups is 3. The molecule has 7 nitrogen and oxygen atoms in total. The van der Waals surface area contributed by atoms with Crippen molar-refractivity contribution in [3.05, 3.63) is 40.6 Å². The number of ether oxygens (including phenoxy) is 2. The number of piperidine rings is 1. The zero-order chi connectivity index (χ0) is 22.7. The Labute approximate surface area is 193 Å². The number of hydrogen-bond acceptors (Lipinski definition) is 5. The maximum Gasteiger partial charge on any atom is 0.310 e. The zero-order valence-corrected chi connectivity index (χ0v) is 19.0. The molecule has 172 valence electrons. The third-order valence-electron chi connectivity index (χ3n) is 6.50. The van der Waals surface area contributed by atoms with Crippen molar-refractivity contribution >= 4 is 35.5 Å². The molecule has 3 aliphatic rings. The average molecular weight is 461 g/mol. The van der Waals surface area contributed by atoms with E-state index in [4.69, 9.17) is 21.1 Å². The number of halogens is 1. The normalized spacial score (nSPS) is 29.0. The van der Waals surface area contributed by atoms with Gasteiger partial charge in [-0.25, -0.2) is 0 Å². The first-order valence-electron chi connectivity index (χ1n) is 11.4. The molecule has 1 aromatic carbocycles. The summed E-state index contributed by atoms with van der Waals surface area (Å²) in [6.45, 7) is 3.21. The van der Waals surface area contributed by atoms with Gasteiger partial charge in [-0.05, 0) is 56.7 Å². The molecule has 2 saturated heterocycles. The second-order valence-electron chi connectivity index (χ2n) is 8.65. The summed E-state index contributed by atoms with van der Waals surface area (Å²) in [5.41, 5.74) is 0.725. The van der Waals surface area contributed by atoms with Crippen molar-refractivity contribution in [2.24, 2.45) is 11.8 Å². The highest BCUT2D eigenvalue weighted by Gasteiger charge is 2.42. The summed E-state index contributed by atoms with van der Waals surface area (Å²) < 4.78 is 11.2. The van der Waals surface area contributed by atoms with Crippen LogP contribution in [0.2, 0.25) is 5.02 Å². The summed E-state index contributed by atoms with van der Waals surface area (Å²) >= 11 is 6.20. The topological polar surface area (TPSA) is 84.9 Å². The average Bonchev–Trinajstić information content (AvgIpc) is 2.80. The lowest BCUT2D eigenvalue weighted by molar-refractivity contribution is -0.153. The van der Waals surface area contributed by atoms with Crippen LogP contribution < -0.4 is 5.32 Å². The number of amides is 2. The monoisotopic (exact) mass is 460 g/mol. The predicted molar refractivity (Wildman–Crippen MR) is 120 cm³/mol. The van der Waals surface area contributed by atoms with E-state index in [1.807, 2.05) is 18.2 Å². The quantitative estimate of drug-likeness (QED) is 0.551. The van der Waals surface area contributed by atoms with E-state index in [0.29, 0.717) is 44.0 Å². The number of morpholine rings is 1. The molecule has 2 aliphatic heterocycles. The number of benzene rings is 1. The van der Waals surface area contributed by atoms with E-state index < -0.39 is 0 Å². The Morgan fingerprint density at radius 2 is 2.06 bits per heavy atom. The van der Waals surface area contributed by atoms with Crippen LogP contribution >= 0.6 is 11.6 Å². The highest BCUT2D eigenvalue weighted by Crippen LogP contribution is 2.33. The second kappa shape index (κ2) is 9.94. The highest BCUT2D eigenvalue weighted by atomic mass is 35.5. The van der Waals surface area contributed by atoms with Crippen molar-refractivity contribution < 1.29 is 23.9 Å². The molecule has 0 aromatic heterocycles. The van der Waals surface area contributed by atoms with Gasteiger partial charge in [0.05, 0.1) is 18.6 Å². The van der Waals surface area contributed by atoms with Crippen LogP contribution in [0.5, 0.6) is 0 Å². The fourth-order valence-electron chi connectivity index (χ4n) is 4.84. The molecule has 1 N–H and O–H groups in total. The molecule has 4 atom stereocenters. The molecule has 1 aromatic rings. The van der Waals surface area contributed by atoms with Gasteiger partial charge in [-0.15, -0.1) is 0 Å². The summed E-state index contributed by atoms with van der Waals surface area (Å²) in [5.74, 6) is -0.643. The molecule has 2 heterocycles. The van der Waals surface area contributed by atoms with Gasteiger partial charge in [0, 0.05) is 24.0 Å². The molecule has 8 heteroatoms. The number of carbonyl (C=O) groups excluding carboxylic acids is 3. The highest BCUT2D eigenvalue weighted by molar-refractivity contribution is 6.32. The van der Waals surface area contributed by atoms with Gasteiger partial charge < -0.3 is 19.7 Å². The molecule has 1 saturated carbocycles. The van der Waals surface area contributed by atoms with Gasteiger partial charge in [-0.2, -0.15) is 0 Å². The first-order chi connectivity index (χ1) is 15.5. The number of nitrogens with zero attached hydrogens (tertiary/aromatic N) is 1. The largest absolute Gasteiger partial charge is 0.483 e. The smallest absolute Gasteiger partial charge is 0.310 e. The van der Waals surface area contributed by atoms with Crippen molar-refractivity contribution in [3.63, 3.8) is 0 Å². The molecule has 0 bridgehead atoms. The van der Waals surface area contributed by atoms with E-state index in [9.17, 15) is 14.4 Å². The number of hydrogen-bond donors (Lipinski definition) is 1. The fraction of sp³-hybridized carbons (Fsp3) is 0.542. The van der Waals surface area contributed by atoms with Crippen LogP contribution in [-0.2, 0) is 23.9 Å². The molecule has 0 radical (unpaired) electrons. The first-order valence-corrected chi connectivity index (χ1v) is 11.7. The lowest BCUT2D eigenvalue weighted by atomic mass is 9.81. The van der Waals surface area contributed by atoms with Crippen LogP contribution in [0, 0.1) is 11.8 Å². The molecule has 32 heavy (non-hydrogen) atoms. The molecule has 0 spiro atoms. The Hall–Kier alpha value is -2.54. The summed E-state index contributed by atoms with van der Waals surface area (Å²) in [4.78, 5) is 39.7. The standard InChI is InChI=1S/C24H29ClN2O5/c1-2-31-24(30)17-7-5-11-27(14-17)23(29)16-9-10-20-19(12-16)26-22(28)21(32-20)13-15-6-3-4-8-18(15)25/h3-4,6,8,13,16-17,19-20H,2,5,7,9-12,14H2,1H3,(H,26,28)/b21-13-. The number of likely N-dealkylation sites (tertiary alicyclic amines) is 1. The van der Waals surface area contributed by atoms with E-state index in [2.05, 4.69) is 5.32 Å². The predicted octanol–water partition coefficient (Wildman–Crippen LogP) is 3.17. The van der Waals surface area contributed by atoms with Crippen LogP contribution in [0.4, 0.5) is 0 Å². The molecule has 4 unspecified atom stereocenters. The maximum atomic E-state index is 13.2. The summed E-state index contributed by atoms with van der Waals surface area (Å²) in [6.07, 6.45) is 4.95. The van der Waals surface area contributed by atoms with Crippen LogP contribution in [0.15, 0.2) is 30.0 Å². The van der Waals surface area contributed by atoms with Crippen LogP contribution in [0.1, 0.15) is 44.6 Å². The van der Waals surface area contributed by atoms with Crippen molar-refractivity contribution in [1.82, 2.24) is 10.2 Å². The summed E-state index contributed by atoms with van der Waals surface area (Å²) in [6, 6.07) is 7.07. The van der Waals surface area contributed by atoms with Crippen LogP contribution in [0.25, 0.3) is 6.08 Å². The van der Waals surface area contributed by atoms with Gasteiger partial charge in [0.15, 0.2) is 5.76 Å². The number of nitrogens with one attached hydrogen (secondary N) is 1. The van der Waals surface area contributed by atoms with Crippen molar-refractivity contribution in [2.75, 3.05) is 19.7 Å². The fourth-order valence-corrected chi connectivity index (χ4v) is 5.03. The van der Waals surface area contributed by atoms with E-state index in [0.717, 1.165) is 18.4 Å². The Balaban J connectivity index is 1.37. The lowest BCUT2D eigenvalue weighted by Crippen LogP contribution is -2.55. The Morgan fingerprint density at radius 3 is 2.84 bits per heavy atom. The zero-order valence-electron chi connectivity index (χ0n) is 18.2. The van der Waals surface area contributed by atoms with Gasteiger partial charge >= 0.3 is 5.97 Å². The Morgan fingerprint density at radius 1 is 1.25 bits per heavy atom. The van der Waals surface area contributed by atoms with Gasteiger partial charge in [0.1, 0.15) is 6.10 Å². The third-order valence-corrected chi connectivity index (χ3v) is 6.84. The van der Waals surface area contributed by atoms with Gasteiger partial charge in [-0.1, -0.05) is 29.8 Å². The number of fused-ring (bicyclic) bond motifs is 1. The minimum atomic E-state index is -0.292. The van der Waals surface area contributed by atoms with Gasteiger partial charge in [0.2, 0.25) is 5.91 Å². The van der Waals surface area contributed by atoms with E-state index in [-0.39, 0.29) is 47.5 Å². The molecular weight excluding hydrogens is 432 g/mol. The number of esters is 1. The van der Waals surface area contributed by atoms with Crippen molar-refractivity contribution in [1.29, 1.82) is 0 Å². The SMILES string of the molecule is CCOC(=O)C1CCCN(C(=O)C2CCC3O/C(=C\c4ccccc4Cl)C(=O)NC3C2)C1. The number of rotatable bonds is 4. The minimum absolute atomic E-state index is 0.0594. The third kappa shape index (κ3) is 4.93. The second-order valence-corrected chi connectivity index (χ2v) is 9.06.